The number of halogens is 1. The van der Waals surface area contributed by atoms with Crippen molar-refractivity contribution in [3.05, 3.63) is 51.5 Å². The maximum atomic E-state index is 13.3. The summed E-state index contributed by atoms with van der Waals surface area (Å²) in [5, 5.41) is 10.2. The van der Waals surface area contributed by atoms with Gasteiger partial charge in [0.05, 0.1) is 13.2 Å². The first kappa shape index (κ1) is 14.0. The predicted octanol–water partition coefficient (Wildman–Crippen LogP) is 3.73. The van der Waals surface area contributed by atoms with Crippen LogP contribution in [0.15, 0.2) is 30.3 Å². The molecule has 0 amide bonds. The van der Waals surface area contributed by atoms with Gasteiger partial charge in [0, 0.05) is 16.2 Å². The first-order chi connectivity index (χ1) is 9.13. The minimum absolute atomic E-state index is 0.164. The molecule has 1 atom stereocenters. The van der Waals surface area contributed by atoms with E-state index in [1.807, 2.05) is 6.07 Å². The van der Waals surface area contributed by atoms with Gasteiger partial charge in [-0.05, 0) is 36.2 Å². The maximum absolute atomic E-state index is 13.3. The molecule has 1 unspecified atom stereocenters. The van der Waals surface area contributed by atoms with Crippen LogP contribution in [0.5, 0.6) is 5.75 Å². The lowest BCUT2D eigenvalue weighted by molar-refractivity contribution is 0.179. The molecule has 1 heterocycles. The van der Waals surface area contributed by atoms with E-state index in [1.165, 1.54) is 18.1 Å². The summed E-state index contributed by atoms with van der Waals surface area (Å²) in [5.74, 6) is -0.250. The molecule has 1 aromatic carbocycles. The molecule has 0 aliphatic carbocycles. The second-order valence-electron chi connectivity index (χ2n) is 4.34. The van der Waals surface area contributed by atoms with E-state index in [2.05, 4.69) is 13.0 Å². The molecule has 2 rings (SSSR count). The molecule has 0 aliphatic heterocycles. The number of aryl methyl sites for hydroxylation is 1. The van der Waals surface area contributed by atoms with E-state index in [4.69, 9.17) is 4.74 Å². The van der Waals surface area contributed by atoms with Gasteiger partial charge in [-0.15, -0.1) is 11.3 Å². The van der Waals surface area contributed by atoms with Crippen LogP contribution in [0.1, 0.15) is 28.3 Å². The number of hydrogen-bond donors (Lipinski definition) is 1. The van der Waals surface area contributed by atoms with Crippen LogP contribution in [0.3, 0.4) is 0 Å². The number of rotatable bonds is 5. The fourth-order valence-corrected chi connectivity index (χ4v) is 2.91. The Morgan fingerprint density at radius 1 is 1.26 bits per heavy atom. The van der Waals surface area contributed by atoms with Crippen LogP contribution in [0.4, 0.5) is 4.39 Å². The fourth-order valence-electron chi connectivity index (χ4n) is 1.91. The third kappa shape index (κ3) is 3.33. The van der Waals surface area contributed by atoms with Gasteiger partial charge in [-0.25, -0.2) is 4.39 Å². The van der Waals surface area contributed by atoms with Gasteiger partial charge in [0.1, 0.15) is 0 Å². The Morgan fingerprint density at radius 3 is 2.63 bits per heavy atom. The van der Waals surface area contributed by atoms with Gasteiger partial charge in [0.25, 0.3) is 0 Å². The van der Waals surface area contributed by atoms with E-state index in [1.54, 1.807) is 23.5 Å². The van der Waals surface area contributed by atoms with Crippen molar-refractivity contribution in [3.63, 3.8) is 0 Å². The molecule has 0 bridgehead atoms. The van der Waals surface area contributed by atoms with Crippen molar-refractivity contribution in [1.82, 2.24) is 0 Å². The normalized spacial score (nSPS) is 12.4. The van der Waals surface area contributed by atoms with Gasteiger partial charge < -0.3 is 9.84 Å². The number of aliphatic hydroxyl groups excluding tert-OH is 1. The summed E-state index contributed by atoms with van der Waals surface area (Å²) in [5.41, 5.74) is 0.671. The number of hydrogen-bond acceptors (Lipinski definition) is 3. The second-order valence-corrected chi connectivity index (χ2v) is 5.59. The zero-order valence-electron chi connectivity index (χ0n) is 11.0. The van der Waals surface area contributed by atoms with E-state index in [0.717, 1.165) is 11.3 Å². The van der Waals surface area contributed by atoms with Gasteiger partial charge in [0.15, 0.2) is 11.6 Å². The molecule has 1 N–H and O–H groups in total. The van der Waals surface area contributed by atoms with E-state index >= 15 is 0 Å². The van der Waals surface area contributed by atoms with Crippen LogP contribution in [0.2, 0.25) is 0 Å². The fraction of sp³-hybridized carbons (Fsp3) is 0.333. The minimum Gasteiger partial charge on any atom is -0.494 e. The lowest BCUT2D eigenvalue weighted by atomic mass is 10.1. The third-order valence-electron chi connectivity index (χ3n) is 3.02. The van der Waals surface area contributed by atoms with Crippen LogP contribution in [0, 0.1) is 5.82 Å². The summed E-state index contributed by atoms with van der Waals surface area (Å²) in [6.45, 7) is 2.11. The summed E-state index contributed by atoms with van der Waals surface area (Å²) in [7, 11) is 1.42. The molecule has 0 spiro atoms. The Labute approximate surface area is 116 Å². The second kappa shape index (κ2) is 6.17. The number of thiophene rings is 1. The van der Waals surface area contributed by atoms with Crippen LogP contribution >= 0.6 is 11.3 Å². The Hall–Kier alpha value is -1.39. The third-order valence-corrected chi connectivity index (χ3v) is 4.27. The Morgan fingerprint density at radius 2 is 2.00 bits per heavy atom. The largest absolute Gasteiger partial charge is 0.494 e. The monoisotopic (exact) mass is 280 g/mol. The highest BCUT2D eigenvalue weighted by Crippen LogP contribution is 2.27. The number of ether oxygens (including phenoxy) is 1. The number of aliphatic hydroxyl groups is 1. The standard InChI is InChI=1S/C15H17FO2S/c1-3-11-5-6-12(19-11)9-14(17)10-4-7-13(16)15(8-10)18-2/h4-8,14,17H,3,9H2,1-2H3. The zero-order valence-corrected chi connectivity index (χ0v) is 11.8. The first-order valence-electron chi connectivity index (χ1n) is 6.23. The van der Waals surface area contributed by atoms with Crippen LogP contribution < -0.4 is 4.74 Å². The van der Waals surface area contributed by atoms with E-state index in [-0.39, 0.29) is 5.75 Å². The SMILES string of the molecule is CCc1ccc(CC(O)c2ccc(F)c(OC)c2)s1. The topological polar surface area (TPSA) is 29.5 Å². The Kier molecular flexibility index (Phi) is 4.56. The molecular formula is C15H17FO2S. The van der Waals surface area contributed by atoms with Crippen LogP contribution in [0.25, 0.3) is 0 Å². The van der Waals surface area contributed by atoms with Gasteiger partial charge in [-0.1, -0.05) is 13.0 Å². The number of methoxy groups -OCH3 is 1. The minimum atomic E-state index is -0.641. The van der Waals surface area contributed by atoms with Crippen molar-refractivity contribution < 1.29 is 14.2 Å². The first-order valence-corrected chi connectivity index (χ1v) is 7.04. The van der Waals surface area contributed by atoms with Gasteiger partial charge in [-0.2, -0.15) is 0 Å². The highest BCUT2D eigenvalue weighted by atomic mass is 32.1. The van der Waals surface area contributed by atoms with Crippen molar-refractivity contribution >= 4 is 11.3 Å². The molecule has 0 saturated carbocycles. The number of benzene rings is 1. The van der Waals surface area contributed by atoms with Crippen molar-refractivity contribution in [3.8, 4) is 5.75 Å². The summed E-state index contributed by atoms with van der Waals surface area (Å²) in [6.07, 6.45) is 0.905. The van der Waals surface area contributed by atoms with Crippen molar-refractivity contribution in [2.75, 3.05) is 7.11 Å². The molecule has 0 aliphatic rings. The molecule has 2 aromatic rings. The quantitative estimate of drug-likeness (QED) is 0.904. The lowest BCUT2D eigenvalue weighted by Gasteiger charge is -2.11. The van der Waals surface area contributed by atoms with E-state index in [9.17, 15) is 9.50 Å². The smallest absolute Gasteiger partial charge is 0.165 e. The van der Waals surface area contributed by atoms with Crippen molar-refractivity contribution in [2.45, 2.75) is 25.9 Å². The highest BCUT2D eigenvalue weighted by molar-refractivity contribution is 7.11. The van der Waals surface area contributed by atoms with E-state index in [0.29, 0.717) is 12.0 Å². The van der Waals surface area contributed by atoms with Gasteiger partial charge in [0.2, 0.25) is 0 Å². The Bertz CT molecular complexity index is 551. The molecule has 1 aromatic heterocycles. The van der Waals surface area contributed by atoms with E-state index < -0.39 is 11.9 Å². The van der Waals surface area contributed by atoms with Gasteiger partial charge in [-0.3, -0.25) is 0 Å². The molecule has 102 valence electrons. The average Bonchev–Trinajstić information content (AvgIpc) is 2.86. The molecule has 19 heavy (non-hydrogen) atoms. The summed E-state index contributed by atoms with van der Waals surface area (Å²) >= 11 is 1.70. The van der Waals surface area contributed by atoms with Crippen molar-refractivity contribution in [2.24, 2.45) is 0 Å². The maximum Gasteiger partial charge on any atom is 0.165 e. The summed E-state index contributed by atoms with van der Waals surface area (Å²) < 4.78 is 18.2. The predicted molar refractivity (Wildman–Crippen MR) is 75.3 cm³/mol. The van der Waals surface area contributed by atoms with Crippen LogP contribution in [-0.4, -0.2) is 12.2 Å². The molecule has 0 radical (unpaired) electrons. The average molecular weight is 280 g/mol. The molecule has 0 fully saturated rings. The zero-order chi connectivity index (χ0) is 13.8. The highest BCUT2D eigenvalue weighted by Gasteiger charge is 2.13. The molecule has 0 saturated heterocycles. The Balaban J connectivity index is 2.12. The lowest BCUT2D eigenvalue weighted by Crippen LogP contribution is -2.01. The summed E-state index contributed by atoms with van der Waals surface area (Å²) in [6, 6.07) is 8.58. The van der Waals surface area contributed by atoms with Gasteiger partial charge >= 0.3 is 0 Å². The van der Waals surface area contributed by atoms with Crippen LogP contribution in [-0.2, 0) is 12.8 Å². The molecule has 2 nitrogen and oxygen atoms in total. The van der Waals surface area contributed by atoms with Crippen molar-refractivity contribution in [1.29, 1.82) is 0 Å². The molecule has 4 heteroatoms. The summed E-state index contributed by atoms with van der Waals surface area (Å²) in [4.78, 5) is 2.44. The molecular weight excluding hydrogens is 263 g/mol.